The van der Waals surface area contributed by atoms with Gasteiger partial charge in [-0.2, -0.15) is 5.10 Å². The summed E-state index contributed by atoms with van der Waals surface area (Å²) in [6, 6.07) is 20.7. The predicted octanol–water partition coefficient (Wildman–Crippen LogP) is 5.74. The Labute approximate surface area is 186 Å². The van der Waals surface area contributed by atoms with E-state index in [1.54, 1.807) is 31.4 Å². The molecule has 3 aromatic rings. The summed E-state index contributed by atoms with van der Waals surface area (Å²) in [7, 11) is 1.60. The minimum atomic E-state index is -0.424. The number of amides is 2. The number of ether oxygens (including phenoxy) is 1. The Morgan fingerprint density at radius 2 is 1.84 bits per heavy atom. The summed E-state index contributed by atoms with van der Waals surface area (Å²) in [6.07, 6.45) is 0.610. The number of aryl methyl sites for hydroxylation is 1. The maximum absolute atomic E-state index is 12.4. The van der Waals surface area contributed by atoms with Gasteiger partial charge in [-0.25, -0.2) is 10.2 Å². The molecule has 1 unspecified atom stereocenters. The molecule has 158 valence electrons. The van der Waals surface area contributed by atoms with E-state index >= 15 is 0 Å². The molecular weight excluding hydrogens is 412 g/mol. The van der Waals surface area contributed by atoms with Crippen LogP contribution in [0.5, 0.6) is 5.75 Å². The Morgan fingerprint density at radius 3 is 2.55 bits per heavy atom. The Balaban J connectivity index is 1.54. The van der Waals surface area contributed by atoms with E-state index in [9.17, 15) is 4.79 Å². The highest BCUT2D eigenvalue weighted by Gasteiger charge is 2.25. The largest absolute Gasteiger partial charge is 0.497 e. The van der Waals surface area contributed by atoms with Gasteiger partial charge in [0, 0.05) is 28.4 Å². The molecule has 0 saturated heterocycles. The van der Waals surface area contributed by atoms with Crippen molar-refractivity contribution in [3.05, 3.63) is 88.4 Å². The summed E-state index contributed by atoms with van der Waals surface area (Å²) in [5.74, 6) is 0.719. The standard InChI is InChI=1S/C24H23ClN4O2/c1-15-3-5-16(6-4-15)22-14-23(20-13-17(25)7-12-21(20)27-22)28-29-24(30)26-18-8-10-19(31-2)11-9-18/h3-13,22,27H,14H2,1-2H3,(H2,26,29,30). The van der Waals surface area contributed by atoms with Gasteiger partial charge in [-0.15, -0.1) is 0 Å². The normalized spacial score (nSPS) is 16.2. The number of carbonyl (C=O) groups excluding carboxylic acids is 1. The number of urea groups is 1. The van der Waals surface area contributed by atoms with Gasteiger partial charge in [-0.1, -0.05) is 41.4 Å². The maximum Gasteiger partial charge on any atom is 0.339 e. The van der Waals surface area contributed by atoms with Crippen LogP contribution in [0, 0.1) is 6.92 Å². The fourth-order valence-corrected chi connectivity index (χ4v) is 3.65. The molecule has 0 bridgehead atoms. The highest BCUT2D eigenvalue weighted by Crippen LogP contribution is 2.34. The third kappa shape index (κ3) is 4.98. The second kappa shape index (κ2) is 9.10. The van der Waals surface area contributed by atoms with E-state index in [0.717, 1.165) is 28.3 Å². The van der Waals surface area contributed by atoms with Crippen LogP contribution in [-0.4, -0.2) is 18.9 Å². The third-order valence-electron chi connectivity index (χ3n) is 5.14. The van der Waals surface area contributed by atoms with E-state index in [1.165, 1.54) is 5.56 Å². The topological polar surface area (TPSA) is 74.8 Å². The number of nitrogens with zero attached hydrogens (tertiary/aromatic N) is 1. The summed E-state index contributed by atoms with van der Waals surface area (Å²) in [4.78, 5) is 12.4. The van der Waals surface area contributed by atoms with E-state index < -0.39 is 6.03 Å². The maximum atomic E-state index is 12.4. The second-order valence-electron chi connectivity index (χ2n) is 7.35. The highest BCUT2D eigenvalue weighted by molar-refractivity contribution is 6.31. The monoisotopic (exact) mass is 434 g/mol. The van der Waals surface area contributed by atoms with Gasteiger partial charge in [0.05, 0.1) is 18.9 Å². The van der Waals surface area contributed by atoms with Gasteiger partial charge in [-0.05, 0) is 55.0 Å². The average molecular weight is 435 g/mol. The molecule has 0 aliphatic carbocycles. The summed E-state index contributed by atoms with van der Waals surface area (Å²) in [5.41, 5.74) is 8.17. The minimum Gasteiger partial charge on any atom is -0.497 e. The fraction of sp³-hybridized carbons (Fsp3) is 0.167. The van der Waals surface area contributed by atoms with E-state index in [-0.39, 0.29) is 6.04 Å². The SMILES string of the molecule is COc1ccc(NC(=O)NN=C2CC(c3ccc(C)cc3)Nc3ccc(Cl)cc32)cc1. The first-order valence-corrected chi connectivity index (χ1v) is 10.3. The van der Waals surface area contributed by atoms with Crippen molar-refractivity contribution in [3.63, 3.8) is 0 Å². The molecule has 0 aromatic heterocycles. The zero-order valence-corrected chi connectivity index (χ0v) is 18.0. The molecule has 3 aromatic carbocycles. The van der Waals surface area contributed by atoms with Crippen molar-refractivity contribution in [2.24, 2.45) is 5.10 Å². The number of carbonyl (C=O) groups is 1. The molecule has 6 nitrogen and oxygen atoms in total. The summed E-state index contributed by atoms with van der Waals surface area (Å²) in [6.45, 7) is 2.06. The van der Waals surface area contributed by atoms with Gasteiger partial charge in [-0.3, -0.25) is 0 Å². The molecular formula is C24H23ClN4O2. The van der Waals surface area contributed by atoms with E-state index in [4.69, 9.17) is 16.3 Å². The van der Waals surface area contributed by atoms with Crippen molar-refractivity contribution in [2.75, 3.05) is 17.7 Å². The highest BCUT2D eigenvalue weighted by atomic mass is 35.5. The lowest BCUT2D eigenvalue weighted by Gasteiger charge is -2.29. The molecule has 0 fully saturated rings. The van der Waals surface area contributed by atoms with Gasteiger partial charge in [0.1, 0.15) is 5.75 Å². The van der Waals surface area contributed by atoms with Crippen LogP contribution < -0.4 is 20.8 Å². The van der Waals surface area contributed by atoms with Crippen LogP contribution in [0.25, 0.3) is 0 Å². The lowest BCUT2D eigenvalue weighted by molar-refractivity contribution is 0.252. The van der Waals surface area contributed by atoms with Gasteiger partial charge < -0.3 is 15.4 Å². The van der Waals surface area contributed by atoms with Crippen LogP contribution in [-0.2, 0) is 0 Å². The Bertz CT molecular complexity index is 1110. The molecule has 1 atom stereocenters. The van der Waals surface area contributed by atoms with Crippen molar-refractivity contribution in [1.82, 2.24) is 5.43 Å². The zero-order chi connectivity index (χ0) is 21.8. The minimum absolute atomic E-state index is 0.0412. The molecule has 1 aliphatic rings. The first-order chi connectivity index (χ1) is 15.0. The number of hydrogen-bond donors (Lipinski definition) is 3. The van der Waals surface area contributed by atoms with Crippen molar-refractivity contribution in [2.45, 2.75) is 19.4 Å². The van der Waals surface area contributed by atoms with Gasteiger partial charge >= 0.3 is 6.03 Å². The van der Waals surface area contributed by atoms with Crippen molar-refractivity contribution < 1.29 is 9.53 Å². The molecule has 4 rings (SSSR count). The lowest BCUT2D eigenvalue weighted by atomic mass is 9.91. The average Bonchev–Trinajstić information content (AvgIpc) is 2.78. The first-order valence-electron chi connectivity index (χ1n) is 9.92. The van der Waals surface area contributed by atoms with Gasteiger partial charge in [0.25, 0.3) is 0 Å². The van der Waals surface area contributed by atoms with Crippen molar-refractivity contribution >= 4 is 34.7 Å². The van der Waals surface area contributed by atoms with Crippen molar-refractivity contribution in [3.8, 4) is 5.75 Å². The fourth-order valence-electron chi connectivity index (χ4n) is 3.48. The van der Waals surface area contributed by atoms with E-state index in [0.29, 0.717) is 17.1 Å². The number of rotatable bonds is 4. The Kier molecular flexibility index (Phi) is 6.09. The van der Waals surface area contributed by atoms with Crippen LogP contribution >= 0.6 is 11.6 Å². The van der Waals surface area contributed by atoms with Gasteiger partial charge in [0.2, 0.25) is 0 Å². The lowest BCUT2D eigenvalue weighted by Crippen LogP contribution is -2.29. The Morgan fingerprint density at radius 1 is 1.10 bits per heavy atom. The quantitative estimate of drug-likeness (QED) is 0.458. The molecule has 3 N–H and O–H groups in total. The number of hydrazone groups is 1. The van der Waals surface area contributed by atoms with E-state index in [1.807, 2.05) is 18.2 Å². The Hall–Kier alpha value is -3.51. The number of fused-ring (bicyclic) bond motifs is 1. The zero-order valence-electron chi connectivity index (χ0n) is 17.3. The smallest absolute Gasteiger partial charge is 0.339 e. The first kappa shape index (κ1) is 20.8. The molecule has 1 heterocycles. The second-order valence-corrected chi connectivity index (χ2v) is 7.79. The molecule has 31 heavy (non-hydrogen) atoms. The van der Waals surface area contributed by atoms with Crippen LogP contribution in [0.15, 0.2) is 71.8 Å². The third-order valence-corrected chi connectivity index (χ3v) is 5.37. The predicted molar refractivity (Wildman–Crippen MR) is 125 cm³/mol. The van der Waals surface area contributed by atoms with Crippen LogP contribution in [0.4, 0.5) is 16.2 Å². The molecule has 0 radical (unpaired) electrons. The molecule has 2 amide bonds. The van der Waals surface area contributed by atoms with Crippen molar-refractivity contribution in [1.29, 1.82) is 0 Å². The summed E-state index contributed by atoms with van der Waals surface area (Å²) in [5, 5.41) is 11.3. The molecule has 0 saturated carbocycles. The number of methoxy groups -OCH3 is 1. The number of nitrogens with one attached hydrogen (secondary N) is 3. The molecule has 1 aliphatic heterocycles. The van der Waals surface area contributed by atoms with Crippen LogP contribution in [0.2, 0.25) is 5.02 Å². The molecule has 0 spiro atoms. The molecule has 7 heteroatoms. The van der Waals surface area contributed by atoms with Crippen LogP contribution in [0.3, 0.4) is 0 Å². The van der Waals surface area contributed by atoms with E-state index in [2.05, 4.69) is 52.3 Å². The summed E-state index contributed by atoms with van der Waals surface area (Å²) >= 11 is 6.21. The number of hydrogen-bond acceptors (Lipinski definition) is 4. The number of anilines is 2. The number of benzene rings is 3. The van der Waals surface area contributed by atoms with Gasteiger partial charge in [0.15, 0.2) is 0 Å². The summed E-state index contributed by atoms with van der Waals surface area (Å²) < 4.78 is 5.13. The van der Waals surface area contributed by atoms with Crippen LogP contribution in [0.1, 0.15) is 29.2 Å². The number of halogens is 1.